The van der Waals surface area contributed by atoms with Gasteiger partial charge in [0, 0.05) is 12.2 Å². The lowest BCUT2D eigenvalue weighted by Crippen LogP contribution is -2.29. The number of nitrogens with zero attached hydrogens (tertiary/aromatic N) is 3. The van der Waals surface area contributed by atoms with Crippen molar-refractivity contribution in [3.63, 3.8) is 0 Å². The molecule has 0 spiro atoms. The van der Waals surface area contributed by atoms with Crippen LogP contribution in [0.15, 0.2) is 12.4 Å². The largest absolute Gasteiger partial charge is 0.326 e. The molecular weight excluding hydrogens is 140 g/mol. The Kier molecular flexibility index (Phi) is 2.59. The third-order valence-electron chi connectivity index (χ3n) is 1.95. The van der Waals surface area contributed by atoms with Crippen LogP contribution in [0.1, 0.15) is 26.3 Å². The molecule has 0 aromatic carbocycles. The van der Waals surface area contributed by atoms with Crippen LogP contribution in [0, 0.1) is 0 Å². The van der Waals surface area contributed by atoms with Gasteiger partial charge in [-0.25, -0.2) is 4.68 Å². The summed E-state index contributed by atoms with van der Waals surface area (Å²) in [5, 5.41) is 7.59. The molecule has 2 unspecified atom stereocenters. The van der Waals surface area contributed by atoms with Crippen LogP contribution >= 0.6 is 0 Å². The van der Waals surface area contributed by atoms with Gasteiger partial charge in [-0.3, -0.25) is 0 Å². The third-order valence-corrected chi connectivity index (χ3v) is 1.95. The Bertz CT molecular complexity index is 194. The second-order valence-electron chi connectivity index (χ2n) is 2.70. The van der Waals surface area contributed by atoms with Gasteiger partial charge in [-0.05, 0) is 13.3 Å². The maximum atomic E-state index is 5.82. The highest BCUT2D eigenvalue weighted by Gasteiger charge is 2.11. The smallest absolute Gasteiger partial charge is 0.0693 e. The maximum absolute atomic E-state index is 5.82. The molecule has 0 saturated carbocycles. The lowest BCUT2D eigenvalue weighted by atomic mass is 10.1. The van der Waals surface area contributed by atoms with E-state index in [0.29, 0.717) is 0 Å². The average molecular weight is 154 g/mol. The van der Waals surface area contributed by atoms with Gasteiger partial charge in [-0.2, -0.15) is 0 Å². The molecule has 4 heteroatoms. The summed E-state index contributed by atoms with van der Waals surface area (Å²) in [7, 11) is 0. The normalized spacial score (nSPS) is 16.3. The zero-order valence-corrected chi connectivity index (χ0v) is 6.94. The molecule has 0 radical (unpaired) electrons. The van der Waals surface area contributed by atoms with Gasteiger partial charge >= 0.3 is 0 Å². The van der Waals surface area contributed by atoms with E-state index in [1.807, 2.05) is 13.1 Å². The summed E-state index contributed by atoms with van der Waals surface area (Å²) in [6.07, 6.45) is 4.46. The number of hydrogen-bond acceptors (Lipinski definition) is 3. The molecule has 1 aromatic heterocycles. The van der Waals surface area contributed by atoms with E-state index in [2.05, 4.69) is 17.2 Å². The molecule has 0 saturated heterocycles. The Balaban J connectivity index is 2.62. The van der Waals surface area contributed by atoms with Crippen molar-refractivity contribution in [3.8, 4) is 0 Å². The van der Waals surface area contributed by atoms with Crippen molar-refractivity contribution in [2.24, 2.45) is 5.73 Å². The molecule has 1 heterocycles. The summed E-state index contributed by atoms with van der Waals surface area (Å²) in [6, 6.07) is 0.402. The molecule has 2 atom stereocenters. The minimum atomic E-state index is 0.164. The number of nitrogens with two attached hydrogens (primary N) is 1. The first-order valence-corrected chi connectivity index (χ1v) is 3.87. The second kappa shape index (κ2) is 3.48. The molecule has 0 aliphatic rings. The molecule has 0 aliphatic carbocycles. The SMILES string of the molecule is CCC(N)C(C)n1ccnn1. The van der Waals surface area contributed by atoms with Gasteiger partial charge in [0.05, 0.1) is 12.2 Å². The van der Waals surface area contributed by atoms with Gasteiger partial charge in [0.1, 0.15) is 0 Å². The maximum Gasteiger partial charge on any atom is 0.0693 e. The van der Waals surface area contributed by atoms with Crippen LogP contribution in [-0.2, 0) is 0 Å². The zero-order chi connectivity index (χ0) is 8.27. The number of rotatable bonds is 3. The molecule has 2 N–H and O–H groups in total. The van der Waals surface area contributed by atoms with E-state index < -0.39 is 0 Å². The summed E-state index contributed by atoms with van der Waals surface area (Å²) in [6.45, 7) is 4.11. The minimum absolute atomic E-state index is 0.164. The van der Waals surface area contributed by atoms with E-state index in [9.17, 15) is 0 Å². The van der Waals surface area contributed by atoms with E-state index in [0.717, 1.165) is 6.42 Å². The molecule has 62 valence electrons. The van der Waals surface area contributed by atoms with Crippen molar-refractivity contribution in [2.75, 3.05) is 0 Å². The van der Waals surface area contributed by atoms with Crippen LogP contribution < -0.4 is 5.73 Å². The molecular formula is C7H14N4. The minimum Gasteiger partial charge on any atom is -0.326 e. The van der Waals surface area contributed by atoms with Gasteiger partial charge in [-0.1, -0.05) is 12.1 Å². The monoisotopic (exact) mass is 154 g/mol. The molecule has 0 amide bonds. The number of aromatic nitrogens is 3. The lowest BCUT2D eigenvalue weighted by Gasteiger charge is -2.17. The molecule has 0 fully saturated rings. The lowest BCUT2D eigenvalue weighted by molar-refractivity contribution is 0.390. The van der Waals surface area contributed by atoms with Gasteiger partial charge < -0.3 is 5.73 Å². The molecule has 1 aromatic rings. The summed E-state index contributed by atoms with van der Waals surface area (Å²) in [4.78, 5) is 0. The van der Waals surface area contributed by atoms with E-state index in [-0.39, 0.29) is 12.1 Å². The molecule has 11 heavy (non-hydrogen) atoms. The van der Waals surface area contributed by atoms with Crippen molar-refractivity contribution in [1.29, 1.82) is 0 Å². The van der Waals surface area contributed by atoms with E-state index in [1.165, 1.54) is 0 Å². The van der Waals surface area contributed by atoms with Gasteiger partial charge in [0.25, 0.3) is 0 Å². The predicted octanol–water partition coefficient (Wildman–Crippen LogP) is 0.576. The highest BCUT2D eigenvalue weighted by Crippen LogP contribution is 2.08. The summed E-state index contributed by atoms with van der Waals surface area (Å²) >= 11 is 0. The second-order valence-corrected chi connectivity index (χ2v) is 2.70. The third kappa shape index (κ3) is 1.77. The van der Waals surface area contributed by atoms with E-state index in [1.54, 1.807) is 10.9 Å². The highest BCUT2D eigenvalue weighted by molar-refractivity contribution is 4.76. The zero-order valence-electron chi connectivity index (χ0n) is 6.94. The quantitative estimate of drug-likeness (QED) is 0.692. The summed E-state index contributed by atoms with van der Waals surface area (Å²) in [5.74, 6) is 0. The van der Waals surface area contributed by atoms with Crippen LogP contribution in [0.3, 0.4) is 0 Å². The first kappa shape index (κ1) is 8.20. The van der Waals surface area contributed by atoms with Gasteiger partial charge in [-0.15, -0.1) is 5.10 Å². The van der Waals surface area contributed by atoms with Gasteiger partial charge in [0.15, 0.2) is 0 Å². The molecule has 1 rings (SSSR count). The highest BCUT2D eigenvalue weighted by atomic mass is 15.4. The Hall–Kier alpha value is -0.900. The Labute approximate surface area is 66.4 Å². The van der Waals surface area contributed by atoms with Crippen LogP contribution in [0.2, 0.25) is 0 Å². The van der Waals surface area contributed by atoms with Crippen molar-refractivity contribution < 1.29 is 0 Å². The van der Waals surface area contributed by atoms with E-state index >= 15 is 0 Å². The Morgan fingerprint density at radius 1 is 1.64 bits per heavy atom. The summed E-state index contributed by atoms with van der Waals surface area (Å²) in [5.41, 5.74) is 5.82. The Morgan fingerprint density at radius 3 is 2.82 bits per heavy atom. The van der Waals surface area contributed by atoms with Gasteiger partial charge in [0.2, 0.25) is 0 Å². The topological polar surface area (TPSA) is 56.7 Å². The fourth-order valence-corrected chi connectivity index (χ4v) is 0.972. The van der Waals surface area contributed by atoms with Crippen molar-refractivity contribution in [1.82, 2.24) is 15.0 Å². The molecule has 0 aliphatic heterocycles. The first-order valence-electron chi connectivity index (χ1n) is 3.87. The first-order chi connectivity index (χ1) is 5.25. The van der Waals surface area contributed by atoms with E-state index in [4.69, 9.17) is 5.73 Å². The Morgan fingerprint density at radius 2 is 2.36 bits per heavy atom. The molecule has 4 nitrogen and oxygen atoms in total. The van der Waals surface area contributed by atoms with Crippen molar-refractivity contribution in [2.45, 2.75) is 32.4 Å². The fourth-order valence-electron chi connectivity index (χ4n) is 0.972. The average Bonchev–Trinajstić information content (AvgIpc) is 2.53. The van der Waals surface area contributed by atoms with Crippen LogP contribution in [0.25, 0.3) is 0 Å². The predicted molar refractivity (Wildman–Crippen MR) is 43.0 cm³/mol. The summed E-state index contributed by atoms with van der Waals surface area (Å²) < 4.78 is 1.79. The van der Waals surface area contributed by atoms with Crippen LogP contribution in [0.5, 0.6) is 0 Å². The standard InChI is InChI=1S/C7H14N4/c1-3-7(8)6(2)11-5-4-9-10-11/h4-7H,3,8H2,1-2H3. The van der Waals surface area contributed by atoms with Crippen molar-refractivity contribution in [3.05, 3.63) is 12.4 Å². The fraction of sp³-hybridized carbons (Fsp3) is 0.714. The number of hydrogen-bond donors (Lipinski definition) is 1. The van der Waals surface area contributed by atoms with Crippen molar-refractivity contribution >= 4 is 0 Å². The van der Waals surface area contributed by atoms with Crippen LogP contribution in [-0.4, -0.2) is 21.0 Å². The molecule has 0 bridgehead atoms. The van der Waals surface area contributed by atoms with Crippen LogP contribution in [0.4, 0.5) is 0 Å².